The standard InChI is InChI=1S/C8H4BrF6NO2/c9-2-3-4(17)1-5(18-8(13,14)15)16-6(3)7(10,11)12/h1H,2H2,(H,16,17). The van der Waals surface area contributed by atoms with E-state index in [1.54, 1.807) is 0 Å². The molecule has 1 heterocycles. The topological polar surface area (TPSA) is 42.1 Å². The van der Waals surface area contributed by atoms with E-state index in [4.69, 9.17) is 0 Å². The molecule has 0 saturated heterocycles. The molecular weight excluding hydrogens is 336 g/mol. The molecule has 1 rings (SSSR count). The van der Waals surface area contributed by atoms with Crippen LogP contribution < -0.4 is 10.2 Å². The smallest absolute Gasteiger partial charge is 0.390 e. The average Bonchev–Trinajstić information content (AvgIpc) is 2.12. The summed E-state index contributed by atoms with van der Waals surface area (Å²) < 4.78 is 76.3. The minimum Gasteiger partial charge on any atom is -0.390 e. The van der Waals surface area contributed by atoms with Crippen molar-refractivity contribution in [2.75, 3.05) is 0 Å². The molecule has 0 atom stereocenters. The fraction of sp³-hybridized carbons (Fsp3) is 0.375. The van der Waals surface area contributed by atoms with E-state index in [-0.39, 0.29) is 0 Å². The molecule has 10 heteroatoms. The lowest BCUT2D eigenvalue weighted by molar-refractivity contribution is -0.276. The molecule has 0 spiro atoms. The van der Waals surface area contributed by atoms with E-state index in [9.17, 15) is 31.1 Å². The van der Waals surface area contributed by atoms with Gasteiger partial charge in [-0.15, -0.1) is 13.2 Å². The highest BCUT2D eigenvalue weighted by molar-refractivity contribution is 9.08. The monoisotopic (exact) mass is 339 g/mol. The first-order valence-electron chi connectivity index (χ1n) is 4.19. The predicted octanol–water partition coefficient (Wildman–Crippen LogP) is 3.19. The molecule has 3 nitrogen and oxygen atoms in total. The third-order valence-electron chi connectivity index (χ3n) is 1.75. The van der Waals surface area contributed by atoms with E-state index in [0.717, 1.165) is 0 Å². The van der Waals surface area contributed by atoms with Crippen LogP contribution in [0.2, 0.25) is 0 Å². The van der Waals surface area contributed by atoms with Gasteiger partial charge in [-0.2, -0.15) is 13.2 Å². The van der Waals surface area contributed by atoms with Crippen molar-refractivity contribution in [1.29, 1.82) is 0 Å². The molecular formula is C8H4BrF6NO2. The van der Waals surface area contributed by atoms with Crippen LogP contribution in [0.5, 0.6) is 5.88 Å². The van der Waals surface area contributed by atoms with Crippen LogP contribution in [0, 0.1) is 0 Å². The quantitative estimate of drug-likeness (QED) is 0.664. The molecule has 1 aromatic rings. The summed E-state index contributed by atoms with van der Waals surface area (Å²) in [7, 11) is 0. The van der Waals surface area contributed by atoms with E-state index in [1.165, 1.54) is 4.98 Å². The van der Waals surface area contributed by atoms with Gasteiger partial charge in [-0.3, -0.25) is 4.79 Å². The van der Waals surface area contributed by atoms with Crippen molar-refractivity contribution in [2.45, 2.75) is 17.9 Å². The molecule has 0 unspecified atom stereocenters. The lowest BCUT2D eigenvalue weighted by Gasteiger charge is -2.14. The molecule has 102 valence electrons. The summed E-state index contributed by atoms with van der Waals surface area (Å²) in [6.07, 6.45) is -10.2. The summed E-state index contributed by atoms with van der Waals surface area (Å²) in [5, 5.41) is -0.455. The first-order chi connectivity index (χ1) is 8.04. The maximum Gasteiger partial charge on any atom is 0.574 e. The summed E-state index contributed by atoms with van der Waals surface area (Å²) in [6.45, 7) is 0. The summed E-state index contributed by atoms with van der Waals surface area (Å²) in [6, 6.07) is 0.305. The summed E-state index contributed by atoms with van der Waals surface area (Å²) >= 11 is 2.65. The zero-order valence-electron chi connectivity index (χ0n) is 8.25. The number of hydrogen-bond donors (Lipinski definition) is 1. The first-order valence-corrected chi connectivity index (χ1v) is 5.32. The minimum atomic E-state index is -5.19. The number of ether oxygens (including phenoxy) is 1. The maximum atomic E-state index is 12.5. The van der Waals surface area contributed by atoms with Gasteiger partial charge in [0.25, 0.3) is 0 Å². The number of aromatic nitrogens is 1. The number of hydrogen-bond acceptors (Lipinski definition) is 2. The summed E-state index contributed by atoms with van der Waals surface area (Å²) in [4.78, 5) is 12.6. The van der Waals surface area contributed by atoms with E-state index < -0.39 is 40.4 Å². The average molecular weight is 340 g/mol. The molecule has 1 N–H and O–H groups in total. The molecule has 0 aliphatic rings. The van der Waals surface area contributed by atoms with Gasteiger partial charge in [0.05, 0.1) is 0 Å². The van der Waals surface area contributed by atoms with Crippen LogP contribution in [0.15, 0.2) is 10.9 Å². The van der Waals surface area contributed by atoms with Gasteiger partial charge in [0.1, 0.15) is 5.69 Å². The molecule has 0 fully saturated rings. The largest absolute Gasteiger partial charge is 0.574 e. The fourth-order valence-electron chi connectivity index (χ4n) is 1.12. The van der Waals surface area contributed by atoms with Crippen molar-refractivity contribution in [1.82, 2.24) is 4.98 Å². The van der Waals surface area contributed by atoms with Crippen molar-refractivity contribution in [3.63, 3.8) is 0 Å². The van der Waals surface area contributed by atoms with Crippen molar-refractivity contribution < 1.29 is 31.1 Å². The third kappa shape index (κ3) is 3.65. The van der Waals surface area contributed by atoms with Crippen molar-refractivity contribution in [2.24, 2.45) is 0 Å². The van der Waals surface area contributed by atoms with Crippen LogP contribution >= 0.6 is 15.9 Å². The Morgan fingerprint density at radius 3 is 2.17 bits per heavy atom. The Morgan fingerprint density at radius 1 is 1.22 bits per heavy atom. The zero-order chi connectivity index (χ0) is 14.1. The molecule has 0 amide bonds. The highest BCUT2D eigenvalue weighted by Crippen LogP contribution is 2.32. The van der Waals surface area contributed by atoms with E-state index in [2.05, 4.69) is 20.7 Å². The van der Waals surface area contributed by atoms with E-state index in [0.29, 0.717) is 6.07 Å². The van der Waals surface area contributed by atoms with E-state index >= 15 is 0 Å². The van der Waals surface area contributed by atoms with Crippen LogP contribution in [-0.2, 0) is 11.5 Å². The number of aromatic amines is 1. The van der Waals surface area contributed by atoms with Crippen molar-refractivity contribution >= 4 is 15.9 Å². The molecule has 0 aliphatic carbocycles. The second kappa shape index (κ2) is 4.82. The van der Waals surface area contributed by atoms with Gasteiger partial charge in [0.15, 0.2) is 5.43 Å². The third-order valence-corrected chi connectivity index (χ3v) is 2.31. The van der Waals surface area contributed by atoms with Crippen LogP contribution in [-0.4, -0.2) is 11.3 Å². The van der Waals surface area contributed by atoms with Gasteiger partial charge in [0, 0.05) is 17.0 Å². The number of pyridine rings is 1. The van der Waals surface area contributed by atoms with Gasteiger partial charge in [-0.25, -0.2) is 0 Å². The summed E-state index contributed by atoms with van der Waals surface area (Å²) in [5.74, 6) is -1.32. The Balaban J connectivity index is 3.36. The molecule has 0 saturated carbocycles. The molecule has 18 heavy (non-hydrogen) atoms. The van der Waals surface area contributed by atoms with Crippen molar-refractivity contribution in [3.8, 4) is 5.88 Å². The predicted molar refractivity (Wildman–Crippen MR) is 51.4 cm³/mol. The Hall–Kier alpha value is -1.19. The van der Waals surface area contributed by atoms with Crippen LogP contribution in [0.3, 0.4) is 0 Å². The number of rotatable bonds is 2. The fourth-order valence-corrected chi connectivity index (χ4v) is 1.68. The highest BCUT2D eigenvalue weighted by Gasteiger charge is 2.37. The molecule has 0 bridgehead atoms. The first kappa shape index (κ1) is 14.9. The zero-order valence-corrected chi connectivity index (χ0v) is 9.83. The minimum absolute atomic E-state index is 0.305. The van der Waals surface area contributed by atoms with Gasteiger partial charge >= 0.3 is 12.5 Å². The van der Waals surface area contributed by atoms with E-state index in [1.807, 2.05) is 0 Å². The Labute approximate surface area is 104 Å². The molecule has 1 aromatic heterocycles. The second-order valence-corrected chi connectivity index (χ2v) is 3.59. The SMILES string of the molecule is O=c1cc(OC(F)(F)F)[nH]c(C(F)(F)F)c1CBr. The Bertz CT molecular complexity index is 492. The van der Waals surface area contributed by atoms with Gasteiger partial charge in [-0.05, 0) is 0 Å². The Morgan fingerprint density at radius 2 is 1.78 bits per heavy atom. The van der Waals surface area contributed by atoms with Crippen molar-refractivity contribution in [3.05, 3.63) is 27.5 Å². The lowest BCUT2D eigenvalue weighted by atomic mass is 10.2. The van der Waals surface area contributed by atoms with Crippen LogP contribution in [0.1, 0.15) is 11.3 Å². The lowest BCUT2D eigenvalue weighted by Crippen LogP contribution is -2.24. The Kier molecular flexibility index (Phi) is 3.99. The molecule has 0 radical (unpaired) electrons. The van der Waals surface area contributed by atoms with Gasteiger partial charge in [0.2, 0.25) is 5.88 Å². The number of alkyl halides is 7. The van der Waals surface area contributed by atoms with Gasteiger partial charge in [-0.1, -0.05) is 15.9 Å². The molecule has 0 aliphatic heterocycles. The van der Waals surface area contributed by atoms with Crippen LogP contribution in [0.25, 0.3) is 0 Å². The second-order valence-electron chi connectivity index (χ2n) is 3.03. The normalized spacial score (nSPS) is 12.6. The summed E-state index contributed by atoms with van der Waals surface area (Å²) in [5.41, 5.74) is -3.51. The molecule has 0 aromatic carbocycles. The number of H-pyrrole nitrogens is 1. The maximum absolute atomic E-state index is 12.5. The highest BCUT2D eigenvalue weighted by atomic mass is 79.9. The van der Waals surface area contributed by atoms with Gasteiger partial charge < -0.3 is 9.72 Å². The number of halogens is 7. The van der Waals surface area contributed by atoms with Crippen LogP contribution in [0.4, 0.5) is 26.3 Å². The number of nitrogens with one attached hydrogen (secondary N) is 1.